The molecular formula is C37H72N4O2. The maximum absolute atomic E-state index is 11.2. The lowest BCUT2D eigenvalue weighted by atomic mass is 9.83. The fourth-order valence-electron chi connectivity index (χ4n) is 6.45. The number of nitrogens with zero attached hydrogens (tertiary/aromatic N) is 3. The number of nitrogens with one attached hydrogen (secondary N) is 1. The number of carbonyl (C=O) groups is 1. The number of aliphatic hydroxyl groups is 1. The predicted octanol–water partition coefficient (Wildman–Crippen LogP) is 7.49. The summed E-state index contributed by atoms with van der Waals surface area (Å²) in [7, 11) is 6.16. The van der Waals surface area contributed by atoms with Crippen molar-refractivity contribution in [3.63, 3.8) is 0 Å². The number of fused-ring (bicyclic) bond motifs is 1. The average Bonchev–Trinajstić information content (AvgIpc) is 3.79. The molecule has 0 spiro atoms. The molecule has 3 rings (SSSR count). The van der Waals surface area contributed by atoms with Crippen molar-refractivity contribution in [1.29, 1.82) is 0 Å². The molecule has 43 heavy (non-hydrogen) atoms. The van der Waals surface area contributed by atoms with E-state index in [-0.39, 0.29) is 7.47 Å². The van der Waals surface area contributed by atoms with Gasteiger partial charge in [-0.3, -0.25) is 9.69 Å². The van der Waals surface area contributed by atoms with Gasteiger partial charge in [-0.05, 0) is 111 Å². The summed E-state index contributed by atoms with van der Waals surface area (Å²) in [4.78, 5) is 18.1. The quantitative estimate of drug-likeness (QED) is 0.0762. The molecule has 2 saturated carbocycles. The maximum atomic E-state index is 11.2. The molecule has 0 bridgehead atoms. The van der Waals surface area contributed by atoms with Gasteiger partial charge >= 0.3 is 0 Å². The van der Waals surface area contributed by atoms with Crippen LogP contribution in [0.1, 0.15) is 125 Å². The van der Waals surface area contributed by atoms with Crippen LogP contribution in [0.15, 0.2) is 23.8 Å². The van der Waals surface area contributed by atoms with Gasteiger partial charge in [0.25, 0.3) is 0 Å². The molecule has 0 radical (unpaired) electrons. The first-order chi connectivity index (χ1) is 20.8. The van der Waals surface area contributed by atoms with Crippen molar-refractivity contribution in [2.24, 2.45) is 17.8 Å². The number of rotatable bonds is 22. The van der Waals surface area contributed by atoms with Crippen LogP contribution in [0.3, 0.4) is 0 Å². The SMILES string of the molecule is CC(C)N(C)C.CCCCCCCCN(CCCCCN(C)C(O)[C@@H](NC=O)C1CCCCC1)CCC1=CC2CC2C=C1.[HH]. The Morgan fingerprint density at radius 2 is 1.51 bits per heavy atom. The summed E-state index contributed by atoms with van der Waals surface area (Å²) in [6.45, 7) is 11.1. The largest absolute Gasteiger partial charge is 0.376 e. The lowest BCUT2D eigenvalue weighted by Gasteiger charge is -2.37. The van der Waals surface area contributed by atoms with Crippen LogP contribution >= 0.6 is 0 Å². The predicted molar refractivity (Wildman–Crippen MR) is 186 cm³/mol. The van der Waals surface area contributed by atoms with Crippen molar-refractivity contribution in [2.75, 3.05) is 47.3 Å². The molecule has 0 aromatic rings. The van der Waals surface area contributed by atoms with Crippen molar-refractivity contribution in [1.82, 2.24) is 20.0 Å². The first-order valence-corrected chi connectivity index (χ1v) is 18.1. The molecule has 4 atom stereocenters. The molecule has 0 aromatic heterocycles. The van der Waals surface area contributed by atoms with Crippen LogP contribution in [0.2, 0.25) is 0 Å². The van der Waals surface area contributed by atoms with Gasteiger partial charge in [0.1, 0.15) is 6.23 Å². The van der Waals surface area contributed by atoms with E-state index in [0.717, 1.165) is 44.1 Å². The zero-order valence-electron chi connectivity index (χ0n) is 29.1. The summed E-state index contributed by atoms with van der Waals surface area (Å²) in [5.41, 5.74) is 1.55. The summed E-state index contributed by atoms with van der Waals surface area (Å²) >= 11 is 0. The van der Waals surface area contributed by atoms with Gasteiger partial charge < -0.3 is 20.2 Å². The molecule has 6 nitrogen and oxygen atoms in total. The first-order valence-electron chi connectivity index (χ1n) is 18.1. The van der Waals surface area contributed by atoms with Crippen LogP contribution < -0.4 is 5.32 Å². The summed E-state index contributed by atoms with van der Waals surface area (Å²) < 4.78 is 0. The fourth-order valence-corrected chi connectivity index (χ4v) is 6.45. The Hall–Kier alpha value is -1.21. The van der Waals surface area contributed by atoms with E-state index in [1.807, 2.05) is 7.05 Å². The summed E-state index contributed by atoms with van der Waals surface area (Å²) in [5, 5.41) is 13.9. The Kier molecular flexibility index (Phi) is 19.7. The molecule has 0 saturated heterocycles. The van der Waals surface area contributed by atoms with Crippen LogP contribution in [0.4, 0.5) is 0 Å². The van der Waals surface area contributed by atoms with Gasteiger partial charge in [-0.25, -0.2) is 0 Å². The highest BCUT2D eigenvalue weighted by Gasteiger charge is 2.34. The molecular weight excluding hydrogens is 532 g/mol. The van der Waals surface area contributed by atoms with Gasteiger partial charge in [-0.2, -0.15) is 0 Å². The van der Waals surface area contributed by atoms with Gasteiger partial charge in [0.15, 0.2) is 0 Å². The summed E-state index contributed by atoms with van der Waals surface area (Å²) in [5.74, 6) is 2.09. The summed E-state index contributed by atoms with van der Waals surface area (Å²) in [6.07, 6.45) is 27.7. The highest BCUT2D eigenvalue weighted by molar-refractivity contribution is 5.47. The summed E-state index contributed by atoms with van der Waals surface area (Å²) in [6, 6.07) is 0.537. The van der Waals surface area contributed by atoms with Gasteiger partial charge in [-0.1, -0.05) is 88.5 Å². The van der Waals surface area contributed by atoms with Crippen molar-refractivity contribution in [3.8, 4) is 0 Å². The second-order valence-electron chi connectivity index (χ2n) is 14.2. The number of unbranched alkanes of at least 4 members (excludes halogenated alkanes) is 7. The van der Waals surface area contributed by atoms with E-state index in [2.05, 4.69) is 73.1 Å². The number of hydrogen-bond acceptors (Lipinski definition) is 5. The molecule has 2 N–H and O–H groups in total. The van der Waals surface area contributed by atoms with Crippen LogP contribution in [0.25, 0.3) is 0 Å². The van der Waals surface area contributed by atoms with Crippen molar-refractivity contribution in [3.05, 3.63) is 23.8 Å². The number of carbonyl (C=O) groups excluding carboxylic acids is 1. The fraction of sp³-hybridized carbons (Fsp3) is 0.865. The third-order valence-corrected chi connectivity index (χ3v) is 10.1. The minimum absolute atomic E-state index is 0. The molecule has 0 aromatic carbocycles. The monoisotopic (exact) mass is 605 g/mol. The van der Waals surface area contributed by atoms with Gasteiger partial charge in [-0.15, -0.1) is 0 Å². The third kappa shape index (κ3) is 16.1. The van der Waals surface area contributed by atoms with E-state index in [0.29, 0.717) is 12.0 Å². The van der Waals surface area contributed by atoms with Crippen LogP contribution in [0.5, 0.6) is 0 Å². The molecule has 2 fully saturated rings. The Morgan fingerprint density at radius 3 is 2.12 bits per heavy atom. The van der Waals surface area contributed by atoms with Gasteiger partial charge in [0, 0.05) is 20.6 Å². The molecule has 252 valence electrons. The van der Waals surface area contributed by atoms with Crippen LogP contribution in [-0.2, 0) is 4.79 Å². The van der Waals surface area contributed by atoms with E-state index in [1.54, 1.807) is 5.57 Å². The standard InChI is InChI=1S/C32H57N3O2.C5H13N.H2/c1-3-4-5-6-7-13-21-35(23-19-27-17-18-29-25-30(29)24-27)22-14-9-12-20-34(2)32(37)31(33-26-36)28-15-10-8-11-16-28;1-5(2)6(3)4;/h17-18,24,26,28-32,37H,3-16,19-23,25H2,1-2H3,(H,33,36);5H,1-4H3;1H/t29?,30?,31-,32?;;/m0../s1. The number of hydrogen-bond donors (Lipinski definition) is 2. The first kappa shape index (κ1) is 38.0. The smallest absolute Gasteiger partial charge is 0.207 e. The Labute approximate surface area is 268 Å². The Bertz CT molecular complexity index is 777. The zero-order chi connectivity index (χ0) is 31.5. The molecule has 0 heterocycles. The van der Waals surface area contributed by atoms with Gasteiger partial charge in [0.2, 0.25) is 6.41 Å². The van der Waals surface area contributed by atoms with E-state index in [9.17, 15) is 9.90 Å². The van der Waals surface area contributed by atoms with E-state index in [1.165, 1.54) is 103 Å². The van der Waals surface area contributed by atoms with Crippen molar-refractivity contribution in [2.45, 2.75) is 142 Å². The van der Waals surface area contributed by atoms with Crippen LogP contribution in [-0.4, -0.2) is 91.8 Å². The molecule has 3 unspecified atom stereocenters. The third-order valence-electron chi connectivity index (χ3n) is 10.1. The van der Waals surface area contributed by atoms with Crippen molar-refractivity contribution < 1.29 is 11.3 Å². The molecule has 3 aliphatic rings. The number of aliphatic hydroxyl groups excluding tert-OH is 1. The highest BCUT2D eigenvalue weighted by Crippen LogP contribution is 2.44. The second-order valence-corrected chi connectivity index (χ2v) is 14.2. The highest BCUT2D eigenvalue weighted by atomic mass is 16.3. The second kappa shape index (κ2) is 22.3. The molecule has 1 amide bonds. The van der Waals surface area contributed by atoms with Crippen molar-refractivity contribution >= 4 is 6.41 Å². The lowest BCUT2D eigenvalue weighted by molar-refractivity contribution is -0.113. The van der Waals surface area contributed by atoms with Gasteiger partial charge in [0.05, 0.1) is 6.04 Å². The van der Waals surface area contributed by atoms with E-state index < -0.39 is 6.23 Å². The van der Waals surface area contributed by atoms with E-state index >= 15 is 0 Å². The Balaban J connectivity index is 0.00000125. The molecule has 3 aliphatic carbocycles. The number of amides is 1. The normalized spacial score (nSPS) is 21.4. The maximum Gasteiger partial charge on any atom is 0.207 e. The Morgan fingerprint density at radius 1 is 0.907 bits per heavy atom. The molecule has 6 heteroatoms. The van der Waals surface area contributed by atoms with Crippen LogP contribution in [0, 0.1) is 17.8 Å². The number of allylic oxidation sites excluding steroid dienone is 3. The minimum atomic E-state index is -0.597. The minimum Gasteiger partial charge on any atom is -0.376 e. The zero-order valence-corrected chi connectivity index (χ0v) is 29.1. The average molecular weight is 605 g/mol. The lowest BCUT2D eigenvalue weighted by Crippen LogP contribution is -2.52. The topological polar surface area (TPSA) is 59.1 Å². The van der Waals surface area contributed by atoms with E-state index in [4.69, 9.17) is 0 Å². The molecule has 0 aliphatic heterocycles. The number of likely N-dealkylation sites (N-methyl/N-ethyl adjacent to an activating group) is 1.